The van der Waals surface area contributed by atoms with E-state index in [4.69, 9.17) is 15.2 Å². The quantitative estimate of drug-likeness (QED) is 0.740. The summed E-state index contributed by atoms with van der Waals surface area (Å²) >= 11 is 0. The van der Waals surface area contributed by atoms with E-state index in [0.29, 0.717) is 18.0 Å². The highest BCUT2D eigenvalue weighted by atomic mass is 16.5. The number of ether oxygens (including phenoxy) is 2. The topological polar surface area (TPSA) is 68.0 Å². The average molecular weight is 252 g/mol. The minimum atomic E-state index is -0.496. The number of hydrogen-bond donors (Lipinski definition) is 2. The zero-order valence-corrected chi connectivity index (χ0v) is 10.4. The number of hydrogen-bond acceptors (Lipinski definition) is 5. The molecule has 1 aromatic carbocycles. The first-order chi connectivity index (χ1) is 8.74. The highest BCUT2D eigenvalue weighted by molar-refractivity contribution is 5.43. The standard InChI is InChI=1S/C13H20N2O3/c14-11-2-1-3-13(8-11)18-10-12(16)9-15-4-6-17-7-5-15/h1-3,8,12,16H,4-7,9-10,14H2. The first kappa shape index (κ1) is 13.1. The van der Waals surface area contributed by atoms with Crippen molar-refractivity contribution in [2.24, 2.45) is 0 Å². The second kappa shape index (κ2) is 6.58. The van der Waals surface area contributed by atoms with Gasteiger partial charge in [0.25, 0.3) is 0 Å². The number of anilines is 1. The lowest BCUT2D eigenvalue weighted by Gasteiger charge is -2.28. The van der Waals surface area contributed by atoms with Crippen molar-refractivity contribution < 1.29 is 14.6 Å². The van der Waals surface area contributed by atoms with Gasteiger partial charge in [-0.3, -0.25) is 4.90 Å². The van der Waals surface area contributed by atoms with E-state index in [1.807, 2.05) is 12.1 Å². The summed E-state index contributed by atoms with van der Waals surface area (Å²) in [6.45, 7) is 4.11. The van der Waals surface area contributed by atoms with E-state index < -0.39 is 6.10 Å². The van der Waals surface area contributed by atoms with Gasteiger partial charge in [-0.1, -0.05) is 6.07 Å². The Balaban J connectivity index is 1.72. The normalized spacial score (nSPS) is 18.5. The van der Waals surface area contributed by atoms with Crippen LogP contribution in [0.2, 0.25) is 0 Å². The minimum Gasteiger partial charge on any atom is -0.491 e. The molecule has 0 saturated carbocycles. The lowest BCUT2D eigenvalue weighted by molar-refractivity contribution is 0.00466. The smallest absolute Gasteiger partial charge is 0.121 e. The van der Waals surface area contributed by atoms with E-state index in [1.54, 1.807) is 12.1 Å². The Kier molecular flexibility index (Phi) is 4.81. The second-order valence-corrected chi connectivity index (χ2v) is 4.45. The van der Waals surface area contributed by atoms with E-state index in [0.717, 1.165) is 26.3 Å². The molecule has 0 amide bonds. The molecule has 0 aromatic heterocycles. The van der Waals surface area contributed by atoms with Crippen LogP contribution in [0.1, 0.15) is 0 Å². The van der Waals surface area contributed by atoms with Crippen molar-refractivity contribution in [3.63, 3.8) is 0 Å². The number of nitrogen functional groups attached to an aromatic ring is 1. The molecule has 1 fully saturated rings. The molecule has 18 heavy (non-hydrogen) atoms. The molecule has 5 nitrogen and oxygen atoms in total. The zero-order valence-electron chi connectivity index (χ0n) is 10.4. The van der Waals surface area contributed by atoms with Gasteiger partial charge in [0.2, 0.25) is 0 Å². The molecule has 1 heterocycles. The third-order valence-electron chi connectivity index (χ3n) is 2.87. The number of rotatable bonds is 5. The Bertz CT molecular complexity index is 367. The first-order valence-corrected chi connectivity index (χ1v) is 6.20. The largest absolute Gasteiger partial charge is 0.491 e. The second-order valence-electron chi connectivity index (χ2n) is 4.45. The Morgan fingerprint density at radius 2 is 2.17 bits per heavy atom. The fourth-order valence-electron chi connectivity index (χ4n) is 1.93. The van der Waals surface area contributed by atoms with Crippen LogP contribution in [0.4, 0.5) is 5.69 Å². The van der Waals surface area contributed by atoms with Gasteiger partial charge in [0, 0.05) is 31.4 Å². The van der Waals surface area contributed by atoms with Crippen molar-refractivity contribution in [2.75, 3.05) is 45.2 Å². The lowest BCUT2D eigenvalue weighted by atomic mass is 10.3. The predicted molar refractivity (Wildman–Crippen MR) is 69.6 cm³/mol. The van der Waals surface area contributed by atoms with Crippen molar-refractivity contribution in [3.05, 3.63) is 24.3 Å². The van der Waals surface area contributed by atoms with Crippen molar-refractivity contribution in [1.82, 2.24) is 4.90 Å². The minimum absolute atomic E-state index is 0.279. The van der Waals surface area contributed by atoms with Crippen LogP contribution < -0.4 is 10.5 Å². The molecule has 1 saturated heterocycles. The van der Waals surface area contributed by atoms with Crippen LogP contribution in [0.15, 0.2) is 24.3 Å². The third kappa shape index (κ3) is 4.18. The monoisotopic (exact) mass is 252 g/mol. The van der Waals surface area contributed by atoms with Gasteiger partial charge in [-0.2, -0.15) is 0 Å². The summed E-state index contributed by atoms with van der Waals surface area (Å²) < 4.78 is 10.8. The van der Waals surface area contributed by atoms with Crippen LogP contribution in [0.3, 0.4) is 0 Å². The Hall–Kier alpha value is -1.30. The van der Waals surface area contributed by atoms with E-state index >= 15 is 0 Å². The summed E-state index contributed by atoms with van der Waals surface area (Å²) in [6.07, 6.45) is -0.496. The fourth-order valence-corrected chi connectivity index (χ4v) is 1.93. The number of nitrogens with two attached hydrogens (primary N) is 1. The van der Waals surface area contributed by atoms with Crippen LogP contribution in [0, 0.1) is 0 Å². The van der Waals surface area contributed by atoms with E-state index in [-0.39, 0.29) is 6.61 Å². The van der Waals surface area contributed by atoms with Crippen LogP contribution in [0.25, 0.3) is 0 Å². The summed E-state index contributed by atoms with van der Waals surface area (Å²) in [5.41, 5.74) is 6.31. The van der Waals surface area contributed by atoms with E-state index in [1.165, 1.54) is 0 Å². The molecule has 3 N–H and O–H groups in total. The Labute approximate surface area is 107 Å². The molecule has 0 radical (unpaired) electrons. The van der Waals surface area contributed by atoms with Crippen molar-refractivity contribution in [3.8, 4) is 5.75 Å². The summed E-state index contributed by atoms with van der Waals surface area (Å²) in [6, 6.07) is 7.22. The Morgan fingerprint density at radius 1 is 1.39 bits per heavy atom. The molecular formula is C13H20N2O3. The highest BCUT2D eigenvalue weighted by Gasteiger charge is 2.15. The molecule has 0 bridgehead atoms. The molecule has 1 aliphatic rings. The van der Waals surface area contributed by atoms with Gasteiger partial charge >= 0.3 is 0 Å². The SMILES string of the molecule is Nc1cccc(OCC(O)CN2CCOCC2)c1. The van der Waals surface area contributed by atoms with Crippen LogP contribution >= 0.6 is 0 Å². The van der Waals surface area contributed by atoms with Crippen LogP contribution in [-0.2, 0) is 4.74 Å². The fraction of sp³-hybridized carbons (Fsp3) is 0.538. The van der Waals surface area contributed by atoms with Gasteiger partial charge in [-0.15, -0.1) is 0 Å². The number of benzene rings is 1. The maximum Gasteiger partial charge on any atom is 0.121 e. The van der Waals surface area contributed by atoms with Gasteiger partial charge in [0.15, 0.2) is 0 Å². The summed E-state index contributed by atoms with van der Waals surface area (Å²) in [5, 5.41) is 9.89. The number of aliphatic hydroxyl groups is 1. The highest BCUT2D eigenvalue weighted by Crippen LogP contribution is 2.14. The molecule has 1 aliphatic heterocycles. The molecule has 2 rings (SSSR count). The lowest BCUT2D eigenvalue weighted by Crippen LogP contribution is -2.42. The predicted octanol–water partition coefficient (Wildman–Crippen LogP) is 0.341. The van der Waals surface area contributed by atoms with E-state index in [2.05, 4.69) is 4.90 Å². The van der Waals surface area contributed by atoms with Gasteiger partial charge in [0.1, 0.15) is 18.5 Å². The molecular weight excluding hydrogens is 232 g/mol. The number of β-amino-alcohol motifs (C(OH)–C–C–N with tert-alkyl or cyclic N) is 1. The molecule has 100 valence electrons. The number of aliphatic hydroxyl groups excluding tert-OH is 1. The molecule has 0 aliphatic carbocycles. The van der Waals surface area contributed by atoms with Gasteiger partial charge in [0.05, 0.1) is 13.2 Å². The molecule has 1 atom stereocenters. The summed E-state index contributed by atoms with van der Waals surface area (Å²) in [5.74, 6) is 0.691. The van der Waals surface area contributed by atoms with E-state index in [9.17, 15) is 5.11 Å². The van der Waals surface area contributed by atoms with Crippen molar-refractivity contribution >= 4 is 5.69 Å². The van der Waals surface area contributed by atoms with Gasteiger partial charge < -0.3 is 20.3 Å². The maximum atomic E-state index is 9.89. The number of morpholine rings is 1. The molecule has 5 heteroatoms. The first-order valence-electron chi connectivity index (χ1n) is 6.20. The van der Waals surface area contributed by atoms with Crippen LogP contribution in [-0.4, -0.2) is 55.6 Å². The van der Waals surface area contributed by atoms with Crippen molar-refractivity contribution in [1.29, 1.82) is 0 Å². The average Bonchev–Trinajstić information content (AvgIpc) is 2.38. The molecule has 0 spiro atoms. The molecule has 1 unspecified atom stereocenters. The summed E-state index contributed by atoms with van der Waals surface area (Å²) in [4.78, 5) is 2.18. The molecule has 1 aromatic rings. The summed E-state index contributed by atoms with van der Waals surface area (Å²) in [7, 11) is 0. The zero-order chi connectivity index (χ0) is 12.8. The maximum absolute atomic E-state index is 9.89. The third-order valence-corrected chi connectivity index (χ3v) is 2.87. The van der Waals surface area contributed by atoms with Gasteiger partial charge in [-0.25, -0.2) is 0 Å². The number of nitrogens with zero attached hydrogens (tertiary/aromatic N) is 1. The van der Waals surface area contributed by atoms with Crippen molar-refractivity contribution in [2.45, 2.75) is 6.10 Å². The Morgan fingerprint density at radius 3 is 2.89 bits per heavy atom. The van der Waals surface area contributed by atoms with Crippen LogP contribution in [0.5, 0.6) is 5.75 Å². The van der Waals surface area contributed by atoms with Gasteiger partial charge in [-0.05, 0) is 12.1 Å².